The Hall–Kier alpha value is -1.39. The van der Waals surface area contributed by atoms with Crippen molar-refractivity contribution in [3.63, 3.8) is 0 Å². The van der Waals surface area contributed by atoms with Crippen LogP contribution >= 0.6 is 11.6 Å². The highest BCUT2D eigenvalue weighted by Gasteiger charge is 2.43. The van der Waals surface area contributed by atoms with Crippen molar-refractivity contribution in [2.24, 2.45) is 0 Å². The standard InChI is InChI=1S/C14H13ClN2O2/c1-14(7-18-14)11-6-17-13(19-8-2-3-8)10-5-16-12(15)4-9(10)11/h4-6,8H,2-3,7H2,1H3. The van der Waals surface area contributed by atoms with Gasteiger partial charge in [-0.15, -0.1) is 0 Å². The van der Waals surface area contributed by atoms with E-state index in [1.807, 2.05) is 12.3 Å². The van der Waals surface area contributed by atoms with Gasteiger partial charge in [-0.3, -0.25) is 0 Å². The maximum atomic E-state index is 6.02. The van der Waals surface area contributed by atoms with Crippen molar-refractivity contribution >= 4 is 22.4 Å². The summed E-state index contributed by atoms with van der Waals surface area (Å²) >= 11 is 6.02. The number of aromatic nitrogens is 2. The van der Waals surface area contributed by atoms with Crippen molar-refractivity contribution in [3.05, 3.63) is 29.2 Å². The predicted molar refractivity (Wildman–Crippen MR) is 71.5 cm³/mol. The Kier molecular flexibility index (Phi) is 2.29. The van der Waals surface area contributed by atoms with Gasteiger partial charge >= 0.3 is 0 Å². The number of fused-ring (bicyclic) bond motifs is 1. The third-order valence-electron chi connectivity index (χ3n) is 3.65. The van der Waals surface area contributed by atoms with Gasteiger partial charge in [-0.05, 0) is 31.2 Å². The molecule has 3 heterocycles. The summed E-state index contributed by atoms with van der Waals surface area (Å²) in [5, 5.41) is 2.40. The van der Waals surface area contributed by atoms with E-state index in [-0.39, 0.29) is 5.60 Å². The highest BCUT2D eigenvalue weighted by molar-refractivity contribution is 6.30. The SMILES string of the molecule is CC1(c2cnc(OC3CC3)c3cnc(Cl)cc23)CO1. The molecule has 1 atom stereocenters. The minimum atomic E-state index is -0.242. The maximum Gasteiger partial charge on any atom is 0.223 e. The van der Waals surface area contributed by atoms with Crippen molar-refractivity contribution in [3.8, 4) is 5.88 Å². The molecule has 2 fully saturated rings. The monoisotopic (exact) mass is 276 g/mol. The molecule has 0 radical (unpaired) electrons. The average Bonchev–Trinajstić information content (AvgIpc) is 3.28. The zero-order valence-electron chi connectivity index (χ0n) is 10.5. The number of halogens is 1. The van der Waals surface area contributed by atoms with Crippen LogP contribution in [0.1, 0.15) is 25.3 Å². The van der Waals surface area contributed by atoms with Gasteiger partial charge in [0.25, 0.3) is 0 Å². The van der Waals surface area contributed by atoms with Gasteiger partial charge < -0.3 is 9.47 Å². The Bertz CT molecular complexity index is 666. The van der Waals surface area contributed by atoms with E-state index in [0.29, 0.717) is 23.7 Å². The smallest absolute Gasteiger partial charge is 0.223 e. The summed E-state index contributed by atoms with van der Waals surface area (Å²) in [4.78, 5) is 8.58. The third-order valence-corrected chi connectivity index (χ3v) is 3.86. The van der Waals surface area contributed by atoms with Crippen molar-refractivity contribution < 1.29 is 9.47 Å². The zero-order valence-corrected chi connectivity index (χ0v) is 11.3. The maximum absolute atomic E-state index is 6.02. The second kappa shape index (κ2) is 3.81. The van der Waals surface area contributed by atoms with Crippen LogP contribution in [-0.4, -0.2) is 22.7 Å². The molecule has 5 heteroatoms. The minimum Gasteiger partial charge on any atom is -0.474 e. The third kappa shape index (κ3) is 1.95. The van der Waals surface area contributed by atoms with Crippen molar-refractivity contribution in [1.29, 1.82) is 0 Å². The molecule has 1 unspecified atom stereocenters. The number of nitrogens with zero attached hydrogens (tertiary/aromatic N) is 2. The molecule has 19 heavy (non-hydrogen) atoms. The number of epoxide rings is 1. The molecule has 2 aromatic rings. The number of rotatable bonds is 3. The predicted octanol–water partition coefficient (Wildman–Crippen LogP) is 3.07. The summed E-state index contributed by atoms with van der Waals surface area (Å²) in [6.45, 7) is 2.77. The lowest BCUT2D eigenvalue weighted by Crippen LogP contribution is -2.06. The summed E-state index contributed by atoms with van der Waals surface area (Å²) in [6, 6.07) is 1.86. The topological polar surface area (TPSA) is 47.5 Å². The van der Waals surface area contributed by atoms with E-state index in [1.165, 1.54) is 0 Å². The highest BCUT2D eigenvalue weighted by Crippen LogP contribution is 2.43. The molecule has 1 aliphatic heterocycles. The Labute approximate surface area is 115 Å². The summed E-state index contributed by atoms with van der Waals surface area (Å²) in [5.41, 5.74) is 0.809. The molecule has 2 aromatic heterocycles. The van der Waals surface area contributed by atoms with Crippen LogP contribution in [0.2, 0.25) is 5.15 Å². The van der Waals surface area contributed by atoms with Gasteiger partial charge in [0.05, 0.1) is 12.0 Å². The largest absolute Gasteiger partial charge is 0.474 e. The normalized spacial score (nSPS) is 25.6. The minimum absolute atomic E-state index is 0.242. The number of pyridine rings is 2. The summed E-state index contributed by atoms with van der Waals surface area (Å²) in [6.07, 6.45) is 6.09. The van der Waals surface area contributed by atoms with Gasteiger partial charge in [-0.1, -0.05) is 11.6 Å². The first-order chi connectivity index (χ1) is 9.16. The fraction of sp³-hybridized carbons (Fsp3) is 0.429. The van der Waals surface area contributed by atoms with E-state index in [4.69, 9.17) is 21.1 Å². The molecule has 0 spiro atoms. The number of ether oxygens (including phenoxy) is 2. The van der Waals surface area contributed by atoms with E-state index in [0.717, 1.165) is 29.2 Å². The first-order valence-electron chi connectivity index (χ1n) is 6.41. The quantitative estimate of drug-likeness (QED) is 0.638. The lowest BCUT2D eigenvalue weighted by molar-refractivity contribution is 0.294. The van der Waals surface area contributed by atoms with Gasteiger partial charge in [-0.2, -0.15) is 0 Å². The van der Waals surface area contributed by atoms with Gasteiger partial charge in [0.15, 0.2) is 0 Å². The fourth-order valence-electron chi connectivity index (χ4n) is 2.21. The Morgan fingerprint density at radius 3 is 2.79 bits per heavy atom. The van der Waals surface area contributed by atoms with E-state index in [2.05, 4.69) is 16.9 Å². The van der Waals surface area contributed by atoms with Crippen molar-refractivity contribution in [2.75, 3.05) is 6.61 Å². The van der Waals surface area contributed by atoms with Crippen LogP contribution in [0.15, 0.2) is 18.5 Å². The van der Waals surface area contributed by atoms with E-state index in [1.54, 1.807) is 6.20 Å². The summed E-state index contributed by atoms with van der Waals surface area (Å²) < 4.78 is 11.4. The number of hydrogen-bond donors (Lipinski definition) is 0. The van der Waals surface area contributed by atoms with E-state index < -0.39 is 0 Å². The van der Waals surface area contributed by atoms with E-state index in [9.17, 15) is 0 Å². The lowest BCUT2D eigenvalue weighted by atomic mass is 9.99. The summed E-state index contributed by atoms with van der Waals surface area (Å²) in [5.74, 6) is 0.648. The van der Waals surface area contributed by atoms with Crippen LogP contribution < -0.4 is 4.74 Å². The molecule has 1 aliphatic carbocycles. The van der Waals surface area contributed by atoms with Crippen LogP contribution in [0.5, 0.6) is 5.88 Å². The number of hydrogen-bond acceptors (Lipinski definition) is 4. The average molecular weight is 277 g/mol. The second-order valence-corrected chi connectivity index (χ2v) is 5.75. The molecule has 0 N–H and O–H groups in total. The molecule has 4 nitrogen and oxygen atoms in total. The van der Waals surface area contributed by atoms with Crippen LogP contribution in [0.25, 0.3) is 10.8 Å². The molecular weight excluding hydrogens is 264 g/mol. The fourth-order valence-corrected chi connectivity index (χ4v) is 2.37. The molecule has 98 valence electrons. The molecule has 1 saturated carbocycles. The Balaban J connectivity index is 1.91. The van der Waals surface area contributed by atoms with Gasteiger partial charge in [-0.25, -0.2) is 9.97 Å². The molecule has 0 aromatic carbocycles. The van der Waals surface area contributed by atoms with Crippen molar-refractivity contribution in [1.82, 2.24) is 9.97 Å². The second-order valence-electron chi connectivity index (χ2n) is 5.37. The Morgan fingerprint density at radius 1 is 1.32 bits per heavy atom. The molecule has 0 amide bonds. The first-order valence-corrected chi connectivity index (χ1v) is 6.79. The van der Waals surface area contributed by atoms with Gasteiger partial charge in [0.2, 0.25) is 5.88 Å². The molecular formula is C14H13ClN2O2. The molecule has 2 aliphatic rings. The van der Waals surface area contributed by atoms with E-state index >= 15 is 0 Å². The van der Waals surface area contributed by atoms with Gasteiger partial charge in [0, 0.05) is 18.0 Å². The van der Waals surface area contributed by atoms with Gasteiger partial charge in [0.1, 0.15) is 16.9 Å². The van der Waals surface area contributed by atoms with Crippen LogP contribution in [0.4, 0.5) is 0 Å². The van der Waals surface area contributed by atoms with Crippen molar-refractivity contribution in [2.45, 2.75) is 31.5 Å². The molecule has 4 rings (SSSR count). The molecule has 0 bridgehead atoms. The van der Waals surface area contributed by atoms with Crippen LogP contribution in [-0.2, 0) is 10.3 Å². The van der Waals surface area contributed by atoms with Crippen LogP contribution in [0, 0.1) is 0 Å². The zero-order chi connectivity index (χ0) is 13.0. The highest BCUT2D eigenvalue weighted by atomic mass is 35.5. The Morgan fingerprint density at radius 2 is 2.11 bits per heavy atom. The van der Waals surface area contributed by atoms with Crippen LogP contribution in [0.3, 0.4) is 0 Å². The summed E-state index contributed by atoms with van der Waals surface area (Å²) in [7, 11) is 0. The lowest BCUT2D eigenvalue weighted by Gasteiger charge is -2.13. The molecule has 1 saturated heterocycles. The first kappa shape index (κ1) is 11.4.